The molecular weight excluding hydrogens is 338 g/mol. The molecule has 0 fully saturated rings. The molecule has 0 spiro atoms. The first-order valence-corrected chi connectivity index (χ1v) is 8.62. The number of hydrogen-bond acceptors (Lipinski definition) is 3. The van der Waals surface area contributed by atoms with Gasteiger partial charge in [0.2, 0.25) is 0 Å². The Balaban J connectivity index is 1.93. The number of para-hydroxylation sites is 1. The summed E-state index contributed by atoms with van der Waals surface area (Å²) in [6.07, 6.45) is -0.258. The van der Waals surface area contributed by atoms with Crippen molar-refractivity contribution >= 4 is 21.7 Å². The van der Waals surface area contributed by atoms with E-state index in [-0.39, 0.29) is 29.1 Å². The number of fused-ring (bicyclic) bond motifs is 1. The molecule has 2 aromatic carbocycles. The summed E-state index contributed by atoms with van der Waals surface area (Å²) in [4.78, 5) is 12.1. The lowest BCUT2D eigenvalue weighted by Crippen LogP contribution is -2.45. The lowest BCUT2D eigenvalue weighted by Gasteiger charge is -2.29. The highest BCUT2D eigenvalue weighted by atomic mass is 32.2. The van der Waals surface area contributed by atoms with Crippen LogP contribution >= 0.6 is 0 Å². The van der Waals surface area contributed by atoms with Crippen molar-refractivity contribution in [1.82, 2.24) is 4.31 Å². The van der Waals surface area contributed by atoms with Gasteiger partial charge in [0.15, 0.2) is 0 Å². The number of halogens is 2. The second kappa shape index (κ2) is 5.86. The Labute approximate surface area is 138 Å². The zero-order chi connectivity index (χ0) is 17.5. The van der Waals surface area contributed by atoms with Crippen LogP contribution in [0.2, 0.25) is 0 Å². The van der Waals surface area contributed by atoms with Crippen molar-refractivity contribution in [3.63, 3.8) is 0 Å². The van der Waals surface area contributed by atoms with Gasteiger partial charge in [-0.3, -0.25) is 0 Å². The minimum Gasteiger partial charge on any atom is -0.305 e. The average molecular weight is 352 g/mol. The van der Waals surface area contributed by atoms with Crippen molar-refractivity contribution in [3.8, 4) is 0 Å². The van der Waals surface area contributed by atoms with Crippen molar-refractivity contribution in [2.75, 3.05) is 11.9 Å². The molecular formula is C16H14F2N2O3S. The van der Waals surface area contributed by atoms with E-state index in [4.69, 9.17) is 0 Å². The van der Waals surface area contributed by atoms with Crippen molar-refractivity contribution < 1.29 is 22.0 Å². The van der Waals surface area contributed by atoms with Crippen LogP contribution in [-0.2, 0) is 16.4 Å². The third kappa shape index (κ3) is 2.62. The molecule has 1 aliphatic rings. The highest BCUT2D eigenvalue weighted by molar-refractivity contribution is 7.90. The molecule has 0 atom stereocenters. The predicted molar refractivity (Wildman–Crippen MR) is 84.2 cm³/mol. The van der Waals surface area contributed by atoms with Crippen LogP contribution in [0.1, 0.15) is 11.1 Å². The zero-order valence-electron chi connectivity index (χ0n) is 12.7. The molecule has 2 aromatic rings. The van der Waals surface area contributed by atoms with Crippen LogP contribution in [-0.4, -0.2) is 25.3 Å². The fourth-order valence-corrected chi connectivity index (χ4v) is 4.17. The van der Waals surface area contributed by atoms with Gasteiger partial charge in [-0.1, -0.05) is 18.2 Å². The molecule has 1 heterocycles. The number of carbonyl (C=O) groups is 1. The van der Waals surface area contributed by atoms with E-state index in [1.165, 1.54) is 12.1 Å². The molecule has 126 valence electrons. The minimum absolute atomic E-state index is 0.0314. The summed E-state index contributed by atoms with van der Waals surface area (Å²) in [7, 11) is -4.07. The van der Waals surface area contributed by atoms with E-state index < -0.39 is 27.7 Å². The van der Waals surface area contributed by atoms with Gasteiger partial charge in [0, 0.05) is 12.1 Å². The lowest BCUT2D eigenvalue weighted by atomic mass is 10.1. The molecule has 24 heavy (non-hydrogen) atoms. The summed E-state index contributed by atoms with van der Waals surface area (Å²) in [6.45, 7) is 1.32. The molecule has 2 amide bonds. The molecule has 0 saturated carbocycles. The average Bonchev–Trinajstić information content (AvgIpc) is 2.50. The lowest BCUT2D eigenvalue weighted by molar-refractivity contribution is 0.235. The number of anilines is 1. The first-order valence-electron chi connectivity index (χ1n) is 7.18. The Hall–Kier alpha value is -2.48. The Morgan fingerprint density at radius 3 is 2.38 bits per heavy atom. The number of hydrogen-bond donors (Lipinski definition) is 1. The van der Waals surface area contributed by atoms with Crippen LogP contribution < -0.4 is 5.32 Å². The van der Waals surface area contributed by atoms with Gasteiger partial charge in [-0.05, 0) is 37.1 Å². The Kier molecular flexibility index (Phi) is 4.00. The maximum absolute atomic E-state index is 13.7. The molecule has 8 heteroatoms. The molecule has 3 rings (SSSR count). The SMILES string of the molecule is Cc1cccc2c1NC(=O)N(CCc1c(F)cccc1F)S2(=O)=O. The molecule has 0 unspecified atom stereocenters. The van der Waals surface area contributed by atoms with Gasteiger partial charge in [0.1, 0.15) is 16.5 Å². The Bertz CT molecular complexity index is 909. The third-order valence-corrected chi connectivity index (χ3v) is 5.71. The quantitative estimate of drug-likeness (QED) is 0.923. The van der Waals surface area contributed by atoms with Crippen LogP contribution in [0.3, 0.4) is 0 Å². The zero-order valence-corrected chi connectivity index (χ0v) is 13.5. The number of amides is 2. The number of nitrogens with zero attached hydrogens (tertiary/aromatic N) is 1. The maximum atomic E-state index is 13.7. The fraction of sp³-hybridized carbons (Fsp3) is 0.188. The molecule has 1 aliphatic heterocycles. The Morgan fingerprint density at radius 2 is 1.71 bits per heavy atom. The van der Waals surface area contributed by atoms with Gasteiger partial charge < -0.3 is 5.32 Å². The summed E-state index contributed by atoms with van der Waals surface area (Å²) in [5, 5.41) is 2.52. The minimum atomic E-state index is -4.07. The number of rotatable bonds is 3. The van der Waals surface area contributed by atoms with E-state index >= 15 is 0 Å². The monoisotopic (exact) mass is 352 g/mol. The standard InChI is InChI=1S/C16H14F2N2O3S/c1-10-4-2-7-14-15(10)19-16(21)20(24(14,22)23)9-8-11-12(17)5-3-6-13(11)18/h2-7H,8-9H2,1H3,(H,19,21). The highest BCUT2D eigenvalue weighted by Gasteiger charge is 2.37. The van der Waals surface area contributed by atoms with Crippen LogP contribution in [0.5, 0.6) is 0 Å². The molecule has 0 bridgehead atoms. The van der Waals surface area contributed by atoms with Crippen LogP contribution in [0.15, 0.2) is 41.3 Å². The van der Waals surface area contributed by atoms with Crippen molar-refractivity contribution in [1.29, 1.82) is 0 Å². The summed E-state index contributed by atoms with van der Waals surface area (Å²) >= 11 is 0. The first-order chi connectivity index (χ1) is 11.3. The van der Waals surface area contributed by atoms with E-state index in [0.29, 0.717) is 9.87 Å². The molecule has 1 N–H and O–H groups in total. The number of sulfonamides is 1. The normalized spacial score (nSPS) is 15.8. The molecule has 5 nitrogen and oxygen atoms in total. The number of carbonyl (C=O) groups excluding carboxylic acids is 1. The van der Waals surface area contributed by atoms with E-state index in [9.17, 15) is 22.0 Å². The van der Waals surface area contributed by atoms with Crippen molar-refractivity contribution in [2.45, 2.75) is 18.2 Å². The highest BCUT2D eigenvalue weighted by Crippen LogP contribution is 2.32. The number of benzene rings is 2. The van der Waals surface area contributed by atoms with E-state index in [2.05, 4.69) is 5.32 Å². The van der Waals surface area contributed by atoms with Gasteiger partial charge in [-0.15, -0.1) is 0 Å². The van der Waals surface area contributed by atoms with Gasteiger partial charge in [0.05, 0.1) is 5.69 Å². The molecule has 0 aromatic heterocycles. The van der Waals surface area contributed by atoms with Crippen LogP contribution in [0.4, 0.5) is 19.3 Å². The van der Waals surface area contributed by atoms with Crippen LogP contribution in [0.25, 0.3) is 0 Å². The largest absolute Gasteiger partial charge is 0.335 e. The molecule has 0 saturated heterocycles. The van der Waals surface area contributed by atoms with Gasteiger partial charge in [0.25, 0.3) is 10.0 Å². The number of urea groups is 1. The van der Waals surface area contributed by atoms with Gasteiger partial charge in [-0.25, -0.2) is 26.3 Å². The van der Waals surface area contributed by atoms with Crippen LogP contribution in [0, 0.1) is 18.6 Å². The van der Waals surface area contributed by atoms with E-state index in [1.54, 1.807) is 19.1 Å². The molecule has 0 aliphatic carbocycles. The summed E-state index contributed by atoms with van der Waals surface area (Å²) < 4.78 is 53.2. The van der Waals surface area contributed by atoms with E-state index in [1.807, 2.05) is 0 Å². The van der Waals surface area contributed by atoms with Crippen molar-refractivity contribution in [2.24, 2.45) is 0 Å². The number of aryl methyl sites for hydroxylation is 1. The summed E-state index contributed by atoms with van der Waals surface area (Å²) in [5.41, 5.74) is 0.593. The summed E-state index contributed by atoms with van der Waals surface area (Å²) in [6, 6.07) is 7.18. The topological polar surface area (TPSA) is 66.5 Å². The van der Waals surface area contributed by atoms with E-state index in [0.717, 1.165) is 12.1 Å². The second-order valence-electron chi connectivity index (χ2n) is 5.41. The Morgan fingerprint density at radius 1 is 1.08 bits per heavy atom. The third-order valence-electron chi connectivity index (χ3n) is 3.89. The summed E-state index contributed by atoms with van der Waals surface area (Å²) in [5.74, 6) is -1.55. The fourth-order valence-electron chi connectivity index (χ4n) is 2.62. The smallest absolute Gasteiger partial charge is 0.305 e. The van der Waals surface area contributed by atoms with Gasteiger partial charge >= 0.3 is 6.03 Å². The first kappa shape index (κ1) is 16.4. The maximum Gasteiger partial charge on any atom is 0.335 e. The number of nitrogens with one attached hydrogen (secondary N) is 1. The second-order valence-corrected chi connectivity index (χ2v) is 7.24. The van der Waals surface area contributed by atoms with Crippen molar-refractivity contribution in [3.05, 3.63) is 59.2 Å². The van der Waals surface area contributed by atoms with Gasteiger partial charge in [-0.2, -0.15) is 0 Å². The predicted octanol–water partition coefficient (Wildman–Crippen LogP) is 3.05. The molecule has 0 radical (unpaired) electrons.